The van der Waals surface area contributed by atoms with E-state index >= 15 is 0 Å². The van der Waals surface area contributed by atoms with E-state index in [0.717, 1.165) is 0 Å². The van der Waals surface area contributed by atoms with Gasteiger partial charge in [0.25, 0.3) is 0 Å². The van der Waals surface area contributed by atoms with Crippen LogP contribution in [0, 0.1) is 0 Å². The van der Waals surface area contributed by atoms with E-state index in [9.17, 15) is 4.79 Å². The quantitative estimate of drug-likeness (QED) is 0.337. The summed E-state index contributed by atoms with van der Waals surface area (Å²) in [5.41, 5.74) is 3.03. The van der Waals surface area contributed by atoms with Gasteiger partial charge in [-0.05, 0) is 18.4 Å². The zero-order valence-electron chi connectivity index (χ0n) is 11.6. The maximum atomic E-state index is 11.2. The fourth-order valence-electron chi connectivity index (χ4n) is 1.58. The highest BCUT2D eigenvalue weighted by Crippen LogP contribution is 2.29. The van der Waals surface area contributed by atoms with Gasteiger partial charge in [-0.2, -0.15) is 4.98 Å². The summed E-state index contributed by atoms with van der Waals surface area (Å²) in [5, 5.41) is 3.22. The summed E-state index contributed by atoms with van der Waals surface area (Å²) in [7, 11) is 0. The van der Waals surface area contributed by atoms with Gasteiger partial charge in [0.05, 0.1) is 5.69 Å². The number of nitrogen functional groups attached to an aromatic ring is 1. The molecule has 0 aliphatic carbocycles. The molecule has 0 spiro atoms. The van der Waals surface area contributed by atoms with E-state index in [4.69, 9.17) is 10.6 Å². The van der Waals surface area contributed by atoms with Crippen LogP contribution in [0.5, 0.6) is 11.6 Å². The molecule has 1 heterocycles. The van der Waals surface area contributed by atoms with Gasteiger partial charge in [-0.1, -0.05) is 23.9 Å². The molecule has 1 amide bonds. The fourth-order valence-corrected chi connectivity index (χ4v) is 1.95. The Morgan fingerprint density at radius 1 is 1.33 bits per heavy atom. The van der Waals surface area contributed by atoms with Gasteiger partial charge in [-0.3, -0.25) is 4.79 Å². The second-order valence-electron chi connectivity index (χ2n) is 4.00. The second-order valence-corrected chi connectivity index (χ2v) is 4.78. The molecule has 2 aromatic rings. The van der Waals surface area contributed by atoms with Gasteiger partial charge >= 0.3 is 0 Å². The van der Waals surface area contributed by atoms with Crippen molar-refractivity contribution in [2.75, 3.05) is 17.0 Å². The number of nitrogens with one attached hydrogen (secondary N) is 2. The Bertz CT molecular complexity index is 628. The minimum Gasteiger partial charge on any atom is -0.437 e. The molecule has 110 valence electrons. The van der Waals surface area contributed by atoms with Crippen molar-refractivity contribution in [3.63, 3.8) is 0 Å². The third-order valence-corrected chi connectivity index (χ3v) is 2.97. The summed E-state index contributed by atoms with van der Waals surface area (Å²) in [4.78, 5) is 19.6. The summed E-state index contributed by atoms with van der Waals surface area (Å²) >= 11 is 1.37. The average Bonchev–Trinajstić information content (AvgIpc) is 2.48. The van der Waals surface area contributed by atoms with Crippen LogP contribution < -0.4 is 21.3 Å². The summed E-state index contributed by atoms with van der Waals surface area (Å²) in [5.74, 6) is 6.46. The maximum absolute atomic E-state index is 11.2. The van der Waals surface area contributed by atoms with Crippen LogP contribution in [-0.2, 0) is 4.79 Å². The molecule has 1 aromatic heterocycles. The number of nitrogens with two attached hydrogens (primary N) is 1. The first-order chi connectivity index (χ1) is 10.1. The van der Waals surface area contributed by atoms with Crippen molar-refractivity contribution in [2.45, 2.75) is 12.1 Å². The summed E-state index contributed by atoms with van der Waals surface area (Å²) in [6, 6.07) is 8.67. The molecule has 0 radical (unpaired) electrons. The lowest BCUT2D eigenvalue weighted by Crippen LogP contribution is -2.10. The number of rotatable bonds is 5. The highest BCUT2D eigenvalue weighted by molar-refractivity contribution is 7.98. The standard InChI is InChI=1S/C13H15N5O2S/c1-8(19)15-9-5-3-4-6-10(9)20-12-7-11(18-14)16-13(17-12)21-2/h3-7H,14H2,1-2H3,(H,15,19)(H,16,17,18). The Labute approximate surface area is 126 Å². The molecule has 4 N–H and O–H groups in total. The van der Waals surface area contributed by atoms with Crippen molar-refractivity contribution in [2.24, 2.45) is 5.84 Å². The van der Waals surface area contributed by atoms with Crippen molar-refractivity contribution in [3.05, 3.63) is 30.3 Å². The normalized spacial score (nSPS) is 10.0. The molecular weight excluding hydrogens is 290 g/mol. The maximum Gasteiger partial charge on any atom is 0.225 e. The fraction of sp³-hybridized carbons (Fsp3) is 0.154. The number of aromatic nitrogens is 2. The Balaban J connectivity index is 2.31. The van der Waals surface area contributed by atoms with Crippen LogP contribution >= 0.6 is 11.8 Å². The smallest absolute Gasteiger partial charge is 0.225 e. The van der Waals surface area contributed by atoms with Gasteiger partial charge in [0.1, 0.15) is 5.82 Å². The Morgan fingerprint density at radius 2 is 2.10 bits per heavy atom. The predicted molar refractivity (Wildman–Crippen MR) is 82.4 cm³/mol. The number of amides is 1. The van der Waals surface area contributed by atoms with Gasteiger partial charge in [0.15, 0.2) is 10.9 Å². The highest BCUT2D eigenvalue weighted by Gasteiger charge is 2.09. The van der Waals surface area contributed by atoms with Gasteiger partial charge in [0.2, 0.25) is 11.8 Å². The first-order valence-corrected chi connectivity index (χ1v) is 7.29. The molecule has 7 nitrogen and oxygen atoms in total. The van der Waals surface area contributed by atoms with Gasteiger partial charge in [-0.25, -0.2) is 10.8 Å². The lowest BCUT2D eigenvalue weighted by atomic mass is 10.3. The number of thioether (sulfide) groups is 1. The number of ether oxygens (including phenoxy) is 1. The number of hydrazine groups is 1. The molecule has 0 atom stereocenters. The number of hydrogen-bond donors (Lipinski definition) is 3. The number of hydrogen-bond acceptors (Lipinski definition) is 7. The van der Waals surface area contributed by atoms with Crippen molar-refractivity contribution in [1.82, 2.24) is 9.97 Å². The number of nitrogens with zero attached hydrogens (tertiary/aromatic N) is 2. The van der Waals surface area contributed by atoms with Crippen LogP contribution in [0.2, 0.25) is 0 Å². The largest absolute Gasteiger partial charge is 0.437 e. The molecule has 2 rings (SSSR count). The third-order valence-electron chi connectivity index (χ3n) is 2.42. The molecule has 0 aliphatic heterocycles. The monoisotopic (exact) mass is 305 g/mol. The van der Waals surface area contributed by atoms with Crippen LogP contribution in [0.25, 0.3) is 0 Å². The minimum atomic E-state index is -0.178. The van der Waals surface area contributed by atoms with E-state index in [1.165, 1.54) is 18.7 Å². The van der Waals surface area contributed by atoms with Crippen molar-refractivity contribution >= 4 is 29.2 Å². The number of anilines is 2. The SMILES string of the molecule is CSc1nc(NN)cc(Oc2ccccc2NC(C)=O)n1. The van der Waals surface area contributed by atoms with Crippen molar-refractivity contribution in [1.29, 1.82) is 0 Å². The molecule has 0 fully saturated rings. The molecule has 21 heavy (non-hydrogen) atoms. The zero-order chi connectivity index (χ0) is 15.2. The predicted octanol–water partition coefficient (Wildman–Crippen LogP) is 2.23. The number of carbonyl (C=O) groups excluding carboxylic acids is 1. The van der Waals surface area contributed by atoms with Gasteiger partial charge in [-0.15, -0.1) is 0 Å². The third kappa shape index (κ3) is 4.07. The van der Waals surface area contributed by atoms with E-state index < -0.39 is 0 Å². The van der Waals surface area contributed by atoms with Crippen LogP contribution in [0.15, 0.2) is 35.5 Å². The van der Waals surface area contributed by atoms with Crippen LogP contribution in [-0.4, -0.2) is 22.1 Å². The van der Waals surface area contributed by atoms with E-state index in [0.29, 0.717) is 28.3 Å². The minimum absolute atomic E-state index is 0.178. The second kappa shape index (κ2) is 6.91. The molecular formula is C13H15N5O2S. The Hall–Kier alpha value is -2.32. The van der Waals surface area contributed by atoms with Crippen LogP contribution in [0.3, 0.4) is 0 Å². The first kappa shape index (κ1) is 15.1. The Kier molecular flexibility index (Phi) is 4.96. The molecule has 0 unspecified atom stereocenters. The summed E-state index contributed by atoms with van der Waals surface area (Å²) < 4.78 is 5.72. The highest BCUT2D eigenvalue weighted by atomic mass is 32.2. The van der Waals surface area contributed by atoms with Crippen LogP contribution in [0.1, 0.15) is 6.92 Å². The molecule has 0 bridgehead atoms. The molecule has 0 saturated heterocycles. The Morgan fingerprint density at radius 3 is 2.76 bits per heavy atom. The zero-order valence-corrected chi connectivity index (χ0v) is 12.4. The van der Waals surface area contributed by atoms with Crippen molar-refractivity contribution < 1.29 is 9.53 Å². The lowest BCUT2D eigenvalue weighted by Gasteiger charge is -2.11. The van der Waals surface area contributed by atoms with E-state index in [2.05, 4.69) is 20.7 Å². The first-order valence-electron chi connectivity index (χ1n) is 6.06. The number of benzene rings is 1. The summed E-state index contributed by atoms with van der Waals surface area (Å²) in [6.07, 6.45) is 1.85. The van der Waals surface area contributed by atoms with E-state index in [1.807, 2.05) is 6.26 Å². The summed E-state index contributed by atoms with van der Waals surface area (Å²) in [6.45, 7) is 1.43. The van der Waals surface area contributed by atoms with Gasteiger partial charge in [0, 0.05) is 13.0 Å². The molecule has 0 aliphatic rings. The van der Waals surface area contributed by atoms with Crippen LogP contribution in [0.4, 0.5) is 11.5 Å². The number of para-hydroxylation sites is 2. The average molecular weight is 305 g/mol. The molecule has 1 aromatic carbocycles. The van der Waals surface area contributed by atoms with Gasteiger partial charge < -0.3 is 15.5 Å². The topological polar surface area (TPSA) is 102 Å². The van der Waals surface area contributed by atoms with Crippen molar-refractivity contribution in [3.8, 4) is 11.6 Å². The molecule has 8 heteroatoms. The molecule has 0 saturated carbocycles. The van der Waals surface area contributed by atoms with E-state index in [-0.39, 0.29) is 5.91 Å². The number of carbonyl (C=O) groups is 1. The van der Waals surface area contributed by atoms with E-state index in [1.54, 1.807) is 30.3 Å². The lowest BCUT2D eigenvalue weighted by molar-refractivity contribution is -0.114.